The molecular formula is C40H48F3N7O3. The van der Waals surface area contributed by atoms with Crippen molar-refractivity contribution in [1.29, 1.82) is 0 Å². The van der Waals surface area contributed by atoms with Crippen molar-refractivity contribution in [3.8, 4) is 16.9 Å². The lowest BCUT2D eigenvalue weighted by molar-refractivity contribution is -0.153. The number of aromatic amines is 1. The molecule has 10 nitrogen and oxygen atoms in total. The SMILES string of the molecule is C=CC(=O)C1(N)CC2(CCC(N)(c3nc(C4CCN(C(C)CO)CC4)nc4c(OCC(F)(F)F)c(-c5c(C)ccc6[nH]ncc56)c(C=C)cc34)CC2)C1. The highest BCUT2D eigenvalue weighted by Crippen LogP contribution is 2.59. The van der Waals surface area contributed by atoms with E-state index in [0.717, 1.165) is 29.3 Å². The summed E-state index contributed by atoms with van der Waals surface area (Å²) in [5.74, 6) is 0.264. The summed E-state index contributed by atoms with van der Waals surface area (Å²) >= 11 is 0. The number of H-pyrrole nitrogens is 1. The van der Waals surface area contributed by atoms with E-state index in [1.165, 1.54) is 6.08 Å². The standard InChI is InChI=1S/C40H48F3N7O3/c1-5-25-17-27-33(34(53-22-40(41,42)43)32(25)31-23(3)7-8-29-28(31)18-46-49-29)47-36(26-9-15-50(16-10-26)24(4)19-51)48-35(27)38(44)13-11-37(12-14-38)20-39(45,21-37)30(52)6-2/h5-8,17-18,24,26,51H,1-2,9-16,19-22,44-45H2,3-4H3,(H,46,49). The summed E-state index contributed by atoms with van der Waals surface area (Å²) in [6.07, 6.45) is 4.99. The van der Waals surface area contributed by atoms with Crippen molar-refractivity contribution in [2.75, 3.05) is 26.3 Å². The number of halogens is 3. The summed E-state index contributed by atoms with van der Waals surface area (Å²) < 4.78 is 48.0. The van der Waals surface area contributed by atoms with Crippen LogP contribution in [0.4, 0.5) is 13.2 Å². The normalized spacial score (nSPS) is 26.1. The van der Waals surface area contributed by atoms with Crippen LogP contribution in [0.15, 0.2) is 43.6 Å². The number of hydrogen-bond donors (Lipinski definition) is 4. The number of fused-ring (bicyclic) bond motifs is 2. The summed E-state index contributed by atoms with van der Waals surface area (Å²) in [7, 11) is 0. The Hall–Kier alpha value is -4.17. The van der Waals surface area contributed by atoms with Crippen molar-refractivity contribution in [1.82, 2.24) is 25.1 Å². The predicted molar refractivity (Wildman–Crippen MR) is 199 cm³/mol. The van der Waals surface area contributed by atoms with E-state index in [1.807, 2.05) is 32.0 Å². The van der Waals surface area contributed by atoms with Crippen molar-refractivity contribution < 1.29 is 27.8 Å². The lowest BCUT2D eigenvalue weighted by Gasteiger charge is -2.57. The average Bonchev–Trinajstić information content (AvgIpc) is 3.61. The maximum atomic E-state index is 14.0. The number of nitrogens with two attached hydrogens (primary N) is 2. The number of nitrogens with one attached hydrogen (secondary N) is 1. The van der Waals surface area contributed by atoms with Gasteiger partial charge in [-0.3, -0.25) is 14.8 Å². The predicted octanol–water partition coefficient (Wildman–Crippen LogP) is 6.59. The van der Waals surface area contributed by atoms with Crippen LogP contribution < -0.4 is 16.2 Å². The molecule has 4 aromatic rings. The first-order valence-corrected chi connectivity index (χ1v) is 18.4. The van der Waals surface area contributed by atoms with E-state index in [0.29, 0.717) is 85.2 Å². The molecule has 1 unspecified atom stereocenters. The number of rotatable bonds is 10. The first-order valence-electron chi connectivity index (χ1n) is 18.4. The molecule has 7 rings (SSSR count). The van der Waals surface area contributed by atoms with Gasteiger partial charge in [-0.2, -0.15) is 18.3 Å². The molecule has 3 heterocycles. The minimum Gasteiger partial charge on any atom is -0.481 e. The van der Waals surface area contributed by atoms with Gasteiger partial charge in [-0.15, -0.1) is 0 Å². The third-order valence-corrected chi connectivity index (χ3v) is 12.2. The zero-order valence-corrected chi connectivity index (χ0v) is 30.4. The van der Waals surface area contributed by atoms with Crippen molar-refractivity contribution in [2.45, 2.75) is 94.4 Å². The van der Waals surface area contributed by atoms with Gasteiger partial charge in [-0.1, -0.05) is 25.3 Å². The van der Waals surface area contributed by atoms with Crippen LogP contribution in [0.25, 0.3) is 39.0 Å². The lowest BCUT2D eigenvalue weighted by Crippen LogP contribution is -2.64. The third kappa shape index (κ3) is 6.66. The van der Waals surface area contributed by atoms with Gasteiger partial charge in [0.15, 0.2) is 18.1 Å². The second kappa shape index (κ2) is 13.6. The molecule has 0 bridgehead atoms. The van der Waals surface area contributed by atoms with E-state index in [1.54, 1.807) is 12.3 Å². The van der Waals surface area contributed by atoms with Gasteiger partial charge >= 0.3 is 6.18 Å². The minimum atomic E-state index is -4.62. The Balaban J connectivity index is 1.41. The number of carbonyl (C=O) groups is 1. The molecule has 53 heavy (non-hydrogen) atoms. The highest BCUT2D eigenvalue weighted by atomic mass is 19.4. The number of aryl methyl sites for hydroxylation is 1. The van der Waals surface area contributed by atoms with Gasteiger partial charge in [0, 0.05) is 28.3 Å². The van der Waals surface area contributed by atoms with E-state index in [4.69, 9.17) is 26.2 Å². The van der Waals surface area contributed by atoms with Crippen molar-refractivity contribution in [2.24, 2.45) is 16.9 Å². The molecule has 2 aromatic carbocycles. The van der Waals surface area contributed by atoms with Crippen LogP contribution >= 0.6 is 0 Å². The zero-order valence-electron chi connectivity index (χ0n) is 30.4. The van der Waals surface area contributed by atoms with Gasteiger partial charge in [-0.05, 0) is 119 Å². The molecule has 3 aliphatic rings. The maximum Gasteiger partial charge on any atom is 0.422 e. The molecule has 3 fully saturated rings. The Bertz CT molecular complexity index is 2070. The summed E-state index contributed by atoms with van der Waals surface area (Å²) in [6.45, 7) is 11.5. The Morgan fingerprint density at radius 1 is 1.11 bits per heavy atom. The number of carbonyl (C=O) groups excluding carboxylic acids is 1. The maximum absolute atomic E-state index is 14.0. The second-order valence-corrected chi connectivity index (χ2v) is 15.8. The fourth-order valence-electron chi connectivity index (χ4n) is 9.20. The number of aliphatic hydroxyl groups is 1. The van der Waals surface area contributed by atoms with Gasteiger partial charge in [0.05, 0.1) is 35.1 Å². The fraction of sp³-hybridized carbons (Fsp3) is 0.500. The number of aliphatic hydroxyl groups excluding tert-OH is 1. The zero-order chi connectivity index (χ0) is 37.9. The van der Waals surface area contributed by atoms with Crippen molar-refractivity contribution >= 4 is 33.7 Å². The molecule has 2 saturated carbocycles. The molecule has 0 radical (unpaired) electrons. The van der Waals surface area contributed by atoms with E-state index in [-0.39, 0.29) is 41.0 Å². The van der Waals surface area contributed by atoms with Crippen LogP contribution in [-0.4, -0.2) is 80.0 Å². The third-order valence-electron chi connectivity index (χ3n) is 12.2. The Kier molecular flexibility index (Phi) is 9.53. The van der Waals surface area contributed by atoms with E-state index in [2.05, 4.69) is 28.3 Å². The molecular weight excluding hydrogens is 683 g/mol. The number of ketones is 1. The molecule has 1 aliphatic heterocycles. The fourth-order valence-corrected chi connectivity index (χ4v) is 9.20. The van der Waals surface area contributed by atoms with Crippen LogP contribution in [0.3, 0.4) is 0 Å². The van der Waals surface area contributed by atoms with Crippen LogP contribution in [0.5, 0.6) is 5.75 Å². The molecule has 0 amide bonds. The van der Waals surface area contributed by atoms with Gasteiger partial charge in [0.1, 0.15) is 11.3 Å². The number of nitrogens with zero attached hydrogens (tertiary/aromatic N) is 4. The van der Waals surface area contributed by atoms with Crippen LogP contribution in [0.1, 0.15) is 86.9 Å². The highest BCUT2D eigenvalue weighted by molar-refractivity contribution is 6.05. The van der Waals surface area contributed by atoms with Gasteiger partial charge in [0.25, 0.3) is 0 Å². The quantitative estimate of drug-likeness (QED) is 0.132. The van der Waals surface area contributed by atoms with Crippen LogP contribution in [0, 0.1) is 12.3 Å². The second-order valence-electron chi connectivity index (χ2n) is 15.8. The molecule has 1 atom stereocenters. The van der Waals surface area contributed by atoms with Crippen molar-refractivity contribution in [3.05, 3.63) is 66.3 Å². The van der Waals surface area contributed by atoms with Crippen molar-refractivity contribution in [3.63, 3.8) is 0 Å². The van der Waals surface area contributed by atoms with Crippen LogP contribution in [-0.2, 0) is 10.3 Å². The number of benzene rings is 2. The first kappa shape index (κ1) is 37.2. The molecule has 6 N–H and O–H groups in total. The highest BCUT2D eigenvalue weighted by Gasteiger charge is 2.58. The molecule has 1 spiro atoms. The monoisotopic (exact) mass is 731 g/mol. The number of piperidine rings is 1. The number of likely N-dealkylation sites (tertiary alicyclic amines) is 1. The lowest BCUT2D eigenvalue weighted by atomic mass is 9.49. The Labute approximate surface area is 306 Å². The van der Waals surface area contributed by atoms with Gasteiger partial charge in [0.2, 0.25) is 0 Å². The summed E-state index contributed by atoms with van der Waals surface area (Å²) in [5, 5.41) is 18.2. The number of alkyl halides is 3. The average molecular weight is 732 g/mol. The summed E-state index contributed by atoms with van der Waals surface area (Å²) in [6, 6.07) is 5.66. The van der Waals surface area contributed by atoms with Gasteiger partial charge < -0.3 is 21.3 Å². The molecule has 13 heteroatoms. The van der Waals surface area contributed by atoms with Gasteiger partial charge in [-0.25, -0.2) is 9.97 Å². The van der Waals surface area contributed by atoms with E-state index >= 15 is 0 Å². The number of hydrogen-bond acceptors (Lipinski definition) is 9. The number of aromatic nitrogens is 4. The smallest absolute Gasteiger partial charge is 0.422 e. The number of ether oxygens (including phenoxy) is 1. The Morgan fingerprint density at radius 2 is 1.81 bits per heavy atom. The van der Waals surface area contributed by atoms with E-state index in [9.17, 15) is 23.1 Å². The molecule has 2 aromatic heterocycles. The molecule has 1 saturated heterocycles. The summed E-state index contributed by atoms with van der Waals surface area (Å²) in [5.41, 5.74) is 15.9. The molecule has 2 aliphatic carbocycles. The largest absolute Gasteiger partial charge is 0.481 e. The van der Waals surface area contributed by atoms with Crippen LogP contribution in [0.2, 0.25) is 0 Å². The summed E-state index contributed by atoms with van der Waals surface area (Å²) in [4.78, 5) is 25.1. The molecule has 282 valence electrons. The first-order chi connectivity index (χ1) is 25.1. The minimum absolute atomic E-state index is 0.00237. The van der Waals surface area contributed by atoms with E-state index < -0.39 is 23.9 Å². The Morgan fingerprint density at radius 3 is 2.43 bits per heavy atom. The topological polar surface area (TPSA) is 156 Å².